The number of hydrogen-bond acceptors (Lipinski definition) is 7. The molecule has 9 nitrogen and oxygen atoms in total. The molecule has 0 radical (unpaired) electrons. The molecule has 0 spiro atoms. The first-order valence-electron chi connectivity index (χ1n) is 11.7. The Morgan fingerprint density at radius 1 is 1.03 bits per heavy atom. The van der Waals surface area contributed by atoms with Crippen molar-refractivity contribution in [1.29, 1.82) is 0 Å². The van der Waals surface area contributed by atoms with Crippen LogP contribution < -0.4 is 4.74 Å². The van der Waals surface area contributed by atoms with Crippen LogP contribution in [0.3, 0.4) is 0 Å². The number of quaternary nitrogens is 1. The van der Waals surface area contributed by atoms with Crippen LogP contribution in [0.5, 0.6) is 11.5 Å². The lowest BCUT2D eigenvalue weighted by Gasteiger charge is -2.40. The van der Waals surface area contributed by atoms with Crippen molar-refractivity contribution in [2.75, 3.05) is 40.5 Å². The standard InChI is InChI=1S/C25H28FN4O2.CH4O3S/c1-29(20-13-16-30(2,3)17-14-20)25(31)23-12-15-27-24(28-23)18-4-8-21(9-5-18)32-22-10-6-19(26)7-11-22;1-5(2,3)4/h4-12,15,20H,13-14,16-17H2,1-3H3;1H3,(H,2,3,4)/q+1;/p-1. The molecule has 0 aliphatic carbocycles. The Bertz CT molecular complexity index is 1300. The molecule has 0 atom stereocenters. The Morgan fingerprint density at radius 2 is 1.54 bits per heavy atom. The Balaban J connectivity index is 0.000000695. The van der Waals surface area contributed by atoms with Crippen molar-refractivity contribution in [1.82, 2.24) is 14.9 Å². The molecule has 1 saturated heterocycles. The van der Waals surface area contributed by atoms with Crippen molar-refractivity contribution in [3.63, 3.8) is 0 Å². The molecule has 1 aromatic heterocycles. The van der Waals surface area contributed by atoms with E-state index in [9.17, 15) is 9.18 Å². The summed E-state index contributed by atoms with van der Waals surface area (Å²) in [6.45, 7) is 2.12. The zero-order chi connectivity index (χ0) is 27.2. The van der Waals surface area contributed by atoms with Crippen LogP contribution >= 0.6 is 0 Å². The third-order valence-electron chi connectivity index (χ3n) is 6.04. The average Bonchev–Trinajstić information content (AvgIpc) is 2.84. The number of amides is 1. The highest BCUT2D eigenvalue weighted by molar-refractivity contribution is 7.84. The van der Waals surface area contributed by atoms with E-state index < -0.39 is 10.1 Å². The fraction of sp³-hybridized carbons (Fsp3) is 0.346. The normalized spacial score (nSPS) is 15.3. The Hall–Kier alpha value is -3.41. The Labute approximate surface area is 216 Å². The molecule has 0 unspecified atom stereocenters. The van der Waals surface area contributed by atoms with Gasteiger partial charge in [0.15, 0.2) is 5.82 Å². The fourth-order valence-corrected chi connectivity index (χ4v) is 3.91. The Kier molecular flexibility index (Phi) is 8.95. The first kappa shape index (κ1) is 28.2. The van der Waals surface area contributed by atoms with E-state index in [4.69, 9.17) is 17.7 Å². The molecule has 2 aromatic carbocycles. The summed E-state index contributed by atoms with van der Waals surface area (Å²) < 4.78 is 47.0. The van der Waals surface area contributed by atoms with Gasteiger partial charge in [-0.25, -0.2) is 22.8 Å². The number of likely N-dealkylation sites (tertiary alicyclic amines) is 1. The average molecular weight is 531 g/mol. The lowest BCUT2D eigenvalue weighted by Crippen LogP contribution is -2.52. The van der Waals surface area contributed by atoms with Gasteiger partial charge < -0.3 is 18.7 Å². The third kappa shape index (κ3) is 8.88. The summed E-state index contributed by atoms with van der Waals surface area (Å²) in [6, 6.07) is 15.0. The van der Waals surface area contributed by atoms with Crippen molar-refractivity contribution < 1.29 is 31.4 Å². The molecule has 2 heterocycles. The number of carbonyl (C=O) groups is 1. The van der Waals surface area contributed by atoms with Gasteiger partial charge in [0.2, 0.25) is 0 Å². The molecule has 3 aromatic rings. The maximum atomic E-state index is 13.1. The third-order valence-corrected chi connectivity index (χ3v) is 6.04. The van der Waals surface area contributed by atoms with Crippen LogP contribution in [0.4, 0.5) is 4.39 Å². The van der Waals surface area contributed by atoms with E-state index in [1.54, 1.807) is 36.5 Å². The molecule has 1 amide bonds. The van der Waals surface area contributed by atoms with Crippen LogP contribution in [0, 0.1) is 5.82 Å². The summed E-state index contributed by atoms with van der Waals surface area (Å²) >= 11 is 0. The first-order chi connectivity index (χ1) is 17.3. The SMILES string of the molecule is CN(C(=O)c1ccnc(-c2ccc(Oc3ccc(F)cc3)cc2)n1)C1CC[N+](C)(C)CC1.CS(=O)(=O)[O-]. The van der Waals surface area contributed by atoms with Crippen molar-refractivity contribution in [2.24, 2.45) is 0 Å². The largest absolute Gasteiger partial charge is 0.748 e. The lowest BCUT2D eigenvalue weighted by molar-refractivity contribution is -0.895. The molecule has 0 saturated carbocycles. The zero-order valence-corrected chi connectivity index (χ0v) is 22.1. The van der Waals surface area contributed by atoms with Crippen LogP contribution in [-0.4, -0.2) is 84.8 Å². The second-order valence-electron chi connectivity index (χ2n) is 9.58. The van der Waals surface area contributed by atoms with Crippen LogP contribution in [-0.2, 0) is 10.1 Å². The number of carbonyl (C=O) groups excluding carboxylic acids is 1. The highest BCUT2D eigenvalue weighted by atomic mass is 32.2. The first-order valence-corrected chi connectivity index (χ1v) is 13.5. The van der Waals surface area contributed by atoms with E-state index >= 15 is 0 Å². The molecule has 4 rings (SSSR count). The molecule has 37 heavy (non-hydrogen) atoms. The molecule has 198 valence electrons. The van der Waals surface area contributed by atoms with Crippen LogP contribution in [0.2, 0.25) is 0 Å². The van der Waals surface area contributed by atoms with Crippen molar-refractivity contribution in [3.8, 4) is 22.9 Å². The summed E-state index contributed by atoms with van der Waals surface area (Å²) in [5.41, 5.74) is 1.17. The fourth-order valence-electron chi connectivity index (χ4n) is 3.91. The van der Waals surface area contributed by atoms with Gasteiger partial charge in [0, 0.05) is 43.9 Å². The van der Waals surface area contributed by atoms with Gasteiger partial charge in [0.1, 0.15) is 23.0 Å². The lowest BCUT2D eigenvalue weighted by atomic mass is 10.0. The van der Waals surface area contributed by atoms with E-state index in [0.717, 1.165) is 36.0 Å². The number of rotatable bonds is 5. The number of benzene rings is 2. The predicted molar refractivity (Wildman–Crippen MR) is 137 cm³/mol. The van der Waals surface area contributed by atoms with Crippen LogP contribution in [0.15, 0.2) is 60.8 Å². The van der Waals surface area contributed by atoms with E-state index in [2.05, 4.69) is 24.1 Å². The van der Waals surface area contributed by atoms with Crippen molar-refractivity contribution >= 4 is 16.0 Å². The zero-order valence-electron chi connectivity index (χ0n) is 21.3. The van der Waals surface area contributed by atoms with Gasteiger partial charge in [-0.2, -0.15) is 0 Å². The minimum absolute atomic E-state index is 0.0814. The highest BCUT2D eigenvalue weighted by Crippen LogP contribution is 2.25. The molecular formula is C26H31FN4O5S. The molecular weight excluding hydrogens is 499 g/mol. The summed E-state index contributed by atoms with van der Waals surface area (Å²) in [5.74, 6) is 1.26. The van der Waals surface area contributed by atoms with E-state index in [1.165, 1.54) is 12.1 Å². The second-order valence-corrected chi connectivity index (χ2v) is 11.0. The van der Waals surface area contributed by atoms with Crippen LogP contribution in [0.1, 0.15) is 23.3 Å². The summed E-state index contributed by atoms with van der Waals surface area (Å²) in [5, 5.41) is 0. The monoisotopic (exact) mass is 530 g/mol. The van der Waals surface area contributed by atoms with Gasteiger partial charge >= 0.3 is 0 Å². The highest BCUT2D eigenvalue weighted by Gasteiger charge is 2.31. The van der Waals surface area contributed by atoms with E-state index in [0.29, 0.717) is 29.3 Å². The van der Waals surface area contributed by atoms with Gasteiger partial charge in [-0.3, -0.25) is 4.79 Å². The molecule has 11 heteroatoms. The number of ether oxygens (including phenoxy) is 1. The van der Waals surface area contributed by atoms with Gasteiger partial charge in [-0.1, -0.05) is 0 Å². The van der Waals surface area contributed by atoms with Gasteiger partial charge in [0.05, 0.1) is 37.3 Å². The predicted octanol–water partition coefficient (Wildman–Crippen LogP) is 3.55. The number of nitrogens with zero attached hydrogens (tertiary/aromatic N) is 4. The second kappa shape index (κ2) is 11.8. The topological polar surface area (TPSA) is 113 Å². The quantitative estimate of drug-likeness (QED) is 0.366. The maximum absolute atomic E-state index is 13.1. The number of hydrogen-bond donors (Lipinski definition) is 0. The molecule has 1 aliphatic heterocycles. The number of halogens is 1. The van der Waals surface area contributed by atoms with E-state index in [1.807, 2.05) is 24.1 Å². The number of piperidine rings is 1. The number of aromatic nitrogens is 2. The summed E-state index contributed by atoms with van der Waals surface area (Å²) in [4.78, 5) is 23.7. The van der Waals surface area contributed by atoms with E-state index in [-0.39, 0.29) is 17.8 Å². The van der Waals surface area contributed by atoms with Crippen molar-refractivity contribution in [2.45, 2.75) is 18.9 Å². The Morgan fingerprint density at radius 3 is 2.08 bits per heavy atom. The van der Waals surface area contributed by atoms with Gasteiger partial charge in [0.25, 0.3) is 5.91 Å². The van der Waals surface area contributed by atoms with Gasteiger partial charge in [-0.15, -0.1) is 0 Å². The molecule has 1 aliphatic rings. The smallest absolute Gasteiger partial charge is 0.272 e. The summed E-state index contributed by atoms with van der Waals surface area (Å²) in [6.07, 6.45) is 4.20. The van der Waals surface area contributed by atoms with Crippen molar-refractivity contribution in [3.05, 3.63) is 72.3 Å². The molecule has 1 fully saturated rings. The van der Waals surface area contributed by atoms with Gasteiger partial charge in [-0.05, 0) is 54.6 Å². The maximum Gasteiger partial charge on any atom is 0.272 e. The molecule has 0 N–H and O–H groups in total. The summed E-state index contributed by atoms with van der Waals surface area (Å²) in [7, 11) is 2.40. The minimum Gasteiger partial charge on any atom is -0.748 e. The van der Waals surface area contributed by atoms with Crippen LogP contribution in [0.25, 0.3) is 11.4 Å². The minimum atomic E-state index is -3.92. The molecule has 0 bridgehead atoms.